The highest BCUT2D eigenvalue weighted by Gasteiger charge is 2.21. The molecule has 18 heavy (non-hydrogen) atoms. The van der Waals surface area contributed by atoms with Gasteiger partial charge in [-0.2, -0.15) is 0 Å². The highest BCUT2D eigenvalue weighted by molar-refractivity contribution is 5.80. The van der Waals surface area contributed by atoms with Crippen LogP contribution in [-0.4, -0.2) is 66.8 Å². The lowest BCUT2D eigenvalue weighted by atomic mass is 10.4. The highest BCUT2D eigenvalue weighted by Crippen LogP contribution is 2.00. The summed E-state index contributed by atoms with van der Waals surface area (Å²) in [6, 6.07) is -0.438. The molecule has 1 N–H and O–H groups in total. The number of nitrogens with zero attached hydrogens (tertiary/aromatic N) is 2. The van der Waals surface area contributed by atoms with Crippen molar-refractivity contribution in [3.8, 4) is 12.3 Å². The van der Waals surface area contributed by atoms with Crippen LogP contribution in [0.1, 0.15) is 0 Å². The molecule has 0 fully saturated rings. The van der Waals surface area contributed by atoms with Gasteiger partial charge < -0.3 is 19.6 Å². The fourth-order valence-electron chi connectivity index (χ4n) is 1.29. The fraction of sp³-hybridized carbons (Fsp3) is 0.500. The topological polar surface area (TPSA) is 70.1 Å². The van der Waals surface area contributed by atoms with Crippen molar-refractivity contribution in [3.63, 3.8) is 0 Å². The van der Waals surface area contributed by atoms with Crippen molar-refractivity contribution in [2.75, 3.05) is 39.9 Å². The number of carbonyl (C=O) groups excluding carboxylic acids is 1. The van der Waals surface area contributed by atoms with Crippen molar-refractivity contribution in [3.05, 3.63) is 12.7 Å². The van der Waals surface area contributed by atoms with Crippen molar-refractivity contribution in [1.29, 1.82) is 0 Å². The third-order valence-corrected chi connectivity index (χ3v) is 2.06. The normalized spacial score (nSPS) is 9.33. The summed E-state index contributed by atoms with van der Waals surface area (Å²) < 4.78 is 4.89. The number of terminal acetylenes is 1. The first-order valence-electron chi connectivity index (χ1n) is 5.35. The molecule has 0 rings (SSSR count). The summed E-state index contributed by atoms with van der Waals surface area (Å²) in [7, 11) is 1.52. The van der Waals surface area contributed by atoms with Gasteiger partial charge in [-0.1, -0.05) is 12.0 Å². The number of rotatable bonds is 8. The van der Waals surface area contributed by atoms with Gasteiger partial charge in [0, 0.05) is 20.2 Å². The summed E-state index contributed by atoms with van der Waals surface area (Å²) in [4.78, 5) is 25.2. The molecule has 0 atom stereocenters. The van der Waals surface area contributed by atoms with E-state index in [2.05, 4.69) is 12.5 Å². The van der Waals surface area contributed by atoms with E-state index in [4.69, 9.17) is 16.3 Å². The van der Waals surface area contributed by atoms with Crippen LogP contribution in [0.2, 0.25) is 0 Å². The number of methoxy groups -OCH3 is 1. The number of hydrogen-bond donors (Lipinski definition) is 1. The smallest absolute Gasteiger partial charge is 0.323 e. The molecule has 0 aromatic heterocycles. The minimum atomic E-state index is -1.11. The monoisotopic (exact) mass is 254 g/mol. The van der Waals surface area contributed by atoms with E-state index in [0.717, 1.165) is 4.90 Å². The molecule has 0 aromatic rings. The van der Waals surface area contributed by atoms with E-state index in [-0.39, 0.29) is 6.54 Å². The number of aliphatic carboxylic acids is 1. The molecule has 0 saturated heterocycles. The first kappa shape index (κ1) is 16.0. The van der Waals surface area contributed by atoms with Crippen LogP contribution in [0.3, 0.4) is 0 Å². The lowest BCUT2D eigenvalue weighted by Crippen LogP contribution is -2.46. The van der Waals surface area contributed by atoms with Gasteiger partial charge in [-0.15, -0.1) is 13.0 Å². The van der Waals surface area contributed by atoms with Crippen molar-refractivity contribution in [2.45, 2.75) is 0 Å². The number of urea groups is 1. The predicted octanol–water partition coefficient (Wildman–Crippen LogP) is 0.261. The summed E-state index contributed by atoms with van der Waals surface area (Å²) in [6.45, 7) is 4.09. The summed E-state index contributed by atoms with van der Waals surface area (Å²) in [5.74, 6) is 1.16. The van der Waals surface area contributed by atoms with Crippen LogP contribution in [0.4, 0.5) is 4.79 Å². The van der Waals surface area contributed by atoms with Gasteiger partial charge in [0.25, 0.3) is 0 Å². The average molecular weight is 254 g/mol. The van der Waals surface area contributed by atoms with Crippen LogP contribution >= 0.6 is 0 Å². The molecular formula is C12H18N2O4. The van der Waals surface area contributed by atoms with Crippen LogP contribution < -0.4 is 0 Å². The summed E-state index contributed by atoms with van der Waals surface area (Å²) in [6.07, 6.45) is 6.67. The van der Waals surface area contributed by atoms with Crippen molar-refractivity contribution in [2.24, 2.45) is 0 Å². The third kappa shape index (κ3) is 5.92. The zero-order valence-corrected chi connectivity index (χ0v) is 10.5. The number of carboxylic acid groups (broad SMARTS) is 1. The number of carboxylic acids is 1. The van der Waals surface area contributed by atoms with Crippen LogP contribution in [-0.2, 0) is 9.53 Å². The number of amides is 2. The number of ether oxygens (including phenoxy) is 1. The molecule has 0 aromatic carbocycles. The molecule has 100 valence electrons. The lowest BCUT2D eigenvalue weighted by Gasteiger charge is -2.27. The molecule has 0 heterocycles. The van der Waals surface area contributed by atoms with Gasteiger partial charge in [0.15, 0.2) is 0 Å². The molecule has 6 nitrogen and oxygen atoms in total. The lowest BCUT2D eigenvalue weighted by molar-refractivity contribution is -0.137. The zero-order chi connectivity index (χ0) is 14.0. The second kappa shape index (κ2) is 9.07. The molecule has 0 spiro atoms. The Morgan fingerprint density at radius 2 is 2.17 bits per heavy atom. The summed E-state index contributed by atoms with van der Waals surface area (Å²) >= 11 is 0. The van der Waals surface area contributed by atoms with E-state index in [1.807, 2.05) is 0 Å². The van der Waals surface area contributed by atoms with Crippen LogP contribution in [0.5, 0.6) is 0 Å². The van der Waals surface area contributed by atoms with Crippen LogP contribution in [0, 0.1) is 12.3 Å². The maximum Gasteiger partial charge on any atom is 0.323 e. The minimum Gasteiger partial charge on any atom is -0.480 e. The van der Waals surface area contributed by atoms with Gasteiger partial charge in [0.05, 0.1) is 13.2 Å². The number of carbonyl (C=O) groups is 2. The highest BCUT2D eigenvalue weighted by atomic mass is 16.5. The van der Waals surface area contributed by atoms with Gasteiger partial charge in [-0.05, 0) is 0 Å². The van der Waals surface area contributed by atoms with Crippen molar-refractivity contribution >= 4 is 12.0 Å². The van der Waals surface area contributed by atoms with Gasteiger partial charge in [-0.25, -0.2) is 4.79 Å². The minimum absolute atomic E-state index is 0.0498. The first-order valence-corrected chi connectivity index (χ1v) is 5.35. The maximum absolute atomic E-state index is 12.1. The molecule has 0 saturated carbocycles. The quantitative estimate of drug-likeness (QED) is 0.498. The molecule has 6 heteroatoms. The van der Waals surface area contributed by atoms with E-state index in [1.54, 1.807) is 6.08 Å². The Labute approximate surface area is 107 Å². The van der Waals surface area contributed by atoms with Gasteiger partial charge in [0.2, 0.25) is 0 Å². The fourth-order valence-corrected chi connectivity index (χ4v) is 1.29. The molecule has 2 amide bonds. The standard InChI is InChI=1S/C12H18N2O4/c1-4-6-13(8-9-18-3)12(17)14(7-5-2)10-11(15)16/h2,4H,1,6-10H2,3H3,(H,15,16). The van der Waals surface area contributed by atoms with Crippen LogP contribution in [0.15, 0.2) is 12.7 Å². The Kier molecular flexibility index (Phi) is 8.07. The molecule has 0 aliphatic carbocycles. The second-order valence-electron chi connectivity index (χ2n) is 3.46. The summed E-state index contributed by atoms with van der Waals surface area (Å²) in [5.41, 5.74) is 0. The average Bonchev–Trinajstić information content (AvgIpc) is 2.32. The van der Waals surface area contributed by atoms with Gasteiger partial charge in [0.1, 0.15) is 6.54 Å². The SMILES string of the molecule is C#CCN(CC(=O)O)C(=O)N(CC=C)CCOC. The van der Waals surface area contributed by atoms with Gasteiger partial charge in [-0.3, -0.25) is 4.79 Å². The second-order valence-corrected chi connectivity index (χ2v) is 3.46. The maximum atomic E-state index is 12.1. The van der Waals surface area contributed by atoms with Crippen molar-refractivity contribution < 1.29 is 19.4 Å². The Hall–Kier alpha value is -2.00. The molecule has 0 bridgehead atoms. The third-order valence-electron chi connectivity index (χ3n) is 2.06. The van der Waals surface area contributed by atoms with Crippen molar-refractivity contribution in [1.82, 2.24) is 9.80 Å². The predicted molar refractivity (Wildman–Crippen MR) is 67.1 cm³/mol. The van der Waals surface area contributed by atoms with Gasteiger partial charge >= 0.3 is 12.0 Å². The van der Waals surface area contributed by atoms with E-state index in [9.17, 15) is 9.59 Å². The molecule has 0 aliphatic rings. The van der Waals surface area contributed by atoms with E-state index < -0.39 is 18.5 Å². The van der Waals surface area contributed by atoms with E-state index in [0.29, 0.717) is 19.7 Å². The molecule has 0 aliphatic heterocycles. The first-order chi connectivity index (χ1) is 8.56. The van der Waals surface area contributed by atoms with E-state index >= 15 is 0 Å². The van der Waals surface area contributed by atoms with E-state index in [1.165, 1.54) is 12.0 Å². The molecule has 0 radical (unpaired) electrons. The number of hydrogen-bond acceptors (Lipinski definition) is 3. The zero-order valence-electron chi connectivity index (χ0n) is 10.5. The Morgan fingerprint density at radius 3 is 2.61 bits per heavy atom. The molecular weight excluding hydrogens is 236 g/mol. The molecule has 0 unspecified atom stereocenters. The largest absolute Gasteiger partial charge is 0.480 e. The Morgan fingerprint density at radius 1 is 1.50 bits per heavy atom. The Bertz CT molecular complexity index is 335. The summed E-state index contributed by atoms with van der Waals surface area (Å²) in [5, 5.41) is 8.72. The Balaban J connectivity index is 4.70. The van der Waals surface area contributed by atoms with Crippen LogP contribution in [0.25, 0.3) is 0 Å².